The molecule has 0 fully saturated rings. The van der Waals surface area contributed by atoms with E-state index in [-0.39, 0.29) is 25.7 Å². The van der Waals surface area contributed by atoms with Crippen LogP contribution in [0, 0.1) is 11.8 Å². The van der Waals surface area contributed by atoms with Crippen LogP contribution in [0.25, 0.3) is 0 Å². The number of amides is 4. The van der Waals surface area contributed by atoms with Crippen LogP contribution in [0.5, 0.6) is 0 Å². The predicted octanol–water partition coefficient (Wildman–Crippen LogP) is 2.65. The molecule has 0 aliphatic rings. The molecule has 0 heterocycles. The van der Waals surface area contributed by atoms with Crippen molar-refractivity contribution in [2.75, 3.05) is 0 Å². The molecule has 0 aliphatic heterocycles. The average molecular weight is 795 g/mol. The number of hydrogen-bond donors (Lipinski definition) is 8. The maximum Gasteiger partial charge on any atom is 0.249 e. The van der Waals surface area contributed by atoms with Crippen molar-refractivity contribution in [1.29, 1.82) is 0 Å². The summed E-state index contributed by atoms with van der Waals surface area (Å²) in [5.41, 5.74) is 2.97. The molecule has 0 radical (unpaired) electrons. The van der Waals surface area contributed by atoms with Crippen LogP contribution in [0.2, 0.25) is 0 Å². The zero-order valence-corrected chi connectivity index (χ0v) is 33.6. The van der Waals surface area contributed by atoms with Crippen molar-refractivity contribution in [3.63, 3.8) is 0 Å². The highest BCUT2D eigenvalue weighted by Gasteiger charge is 2.38. The van der Waals surface area contributed by atoms with Crippen LogP contribution in [-0.2, 0) is 44.9 Å². The van der Waals surface area contributed by atoms with Crippen molar-refractivity contribution in [3.05, 3.63) is 144 Å². The quantitative estimate of drug-likeness (QED) is 0.0630. The van der Waals surface area contributed by atoms with E-state index in [9.17, 15) is 39.6 Å². The molecule has 0 aliphatic carbocycles. The summed E-state index contributed by atoms with van der Waals surface area (Å²) in [6.07, 6.45) is -5.88. The highest BCUT2D eigenvalue weighted by molar-refractivity contribution is 5.90. The summed E-state index contributed by atoms with van der Waals surface area (Å²) in [6, 6.07) is 31.7. The molecule has 4 rings (SSSR count). The van der Waals surface area contributed by atoms with Crippen LogP contribution < -0.4 is 21.3 Å². The summed E-state index contributed by atoms with van der Waals surface area (Å²) < 4.78 is 0. The van der Waals surface area contributed by atoms with Crippen molar-refractivity contribution >= 4 is 23.6 Å². The van der Waals surface area contributed by atoms with E-state index >= 15 is 0 Å². The van der Waals surface area contributed by atoms with Gasteiger partial charge < -0.3 is 41.7 Å². The Balaban J connectivity index is 1.56. The lowest BCUT2D eigenvalue weighted by atomic mass is 9.90. The average Bonchev–Trinajstić information content (AvgIpc) is 3.21. The molecule has 4 aromatic rings. The Labute approximate surface area is 341 Å². The van der Waals surface area contributed by atoms with Crippen LogP contribution in [0.3, 0.4) is 0 Å². The zero-order chi connectivity index (χ0) is 42.2. The number of aliphatic hydroxyl groups excluding tert-OH is 4. The standard InChI is InChI=1S/C46H58N4O8/c1-29(2)39(49-43(55)37(51)27-33-21-13-7-14-22-33)45(57)47-35(25-31-17-9-5-10-18-31)41(53)42(54)36(26-32-19-11-6-12-20-32)48-46(58)40(30(3)4)50-44(56)38(52)28-34-23-15-8-16-24-34/h5-24,29-30,35-42,51-54H,25-28H2,1-4H3,(H,47,57)(H,48,58)(H,49,55)(H,50,56)/t35-,36-,37-,38-,39-,40-,41+,42+/m0/s1. The third kappa shape index (κ3) is 13.9. The minimum Gasteiger partial charge on any atom is -0.388 e. The van der Waals surface area contributed by atoms with E-state index in [1.165, 1.54) is 0 Å². The summed E-state index contributed by atoms with van der Waals surface area (Å²) in [7, 11) is 0. The smallest absolute Gasteiger partial charge is 0.249 e. The van der Waals surface area contributed by atoms with E-state index in [0.29, 0.717) is 0 Å². The van der Waals surface area contributed by atoms with Gasteiger partial charge in [-0.25, -0.2) is 0 Å². The molecule has 0 spiro atoms. The molecule has 0 aromatic heterocycles. The van der Waals surface area contributed by atoms with Gasteiger partial charge in [-0.05, 0) is 46.9 Å². The molecule has 4 aromatic carbocycles. The molecule has 12 nitrogen and oxygen atoms in total. The lowest BCUT2D eigenvalue weighted by molar-refractivity contribution is -0.136. The number of carbonyl (C=O) groups excluding carboxylic acids is 4. The van der Waals surface area contributed by atoms with Crippen LogP contribution in [-0.4, -0.2) is 92.6 Å². The topological polar surface area (TPSA) is 197 Å². The molecule has 0 saturated carbocycles. The molecular weight excluding hydrogens is 737 g/mol. The molecule has 0 saturated heterocycles. The second kappa shape index (κ2) is 22.5. The van der Waals surface area contributed by atoms with Gasteiger partial charge in [0, 0.05) is 12.8 Å². The highest BCUT2D eigenvalue weighted by atomic mass is 16.3. The summed E-state index contributed by atoms with van der Waals surface area (Å²) in [6.45, 7) is 6.95. The minimum atomic E-state index is -1.65. The molecule has 12 heteroatoms. The van der Waals surface area contributed by atoms with Crippen LogP contribution in [0.4, 0.5) is 0 Å². The van der Waals surface area contributed by atoms with Gasteiger partial charge in [0.2, 0.25) is 23.6 Å². The van der Waals surface area contributed by atoms with Gasteiger partial charge in [0.05, 0.1) is 12.1 Å². The highest BCUT2D eigenvalue weighted by Crippen LogP contribution is 2.17. The molecule has 0 bridgehead atoms. The van der Waals surface area contributed by atoms with E-state index in [4.69, 9.17) is 0 Å². The first-order valence-corrected chi connectivity index (χ1v) is 19.8. The maximum atomic E-state index is 14.0. The van der Waals surface area contributed by atoms with E-state index < -0.39 is 84.0 Å². The Bertz CT molecular complexity index is 1730. The van der Waals surface area contributed by atoms with E-state index in [2.05, 4.69) is 21.3 Å². The molecule has 8 atom stereocenters. The fourth-order valence-corrected chi connectivity index (χ4v) is 6.70. The van der Waals surface area contributed by atoms with Gasteiger partial charge in [-0.1, -0.05) is 149 Å². The number of nitrogens with one attached hydrogen (secondary N) is 4. The fraction of sp³-hybridized carbons (Fsp3) is 0.391. The number of carbonyl (C=O) groups is 4. The lowest BCUT2D eigenvalue weighted by Gasteiger charge is -2.35. The summed E-state index contributed by atoms with van der Waals surface area (Å²) in [5, 5.41) is 56.3. The number of hydrogen-bond acceptors (Lipinski definition) is 8. The third-order valence-corrected chi connectivity index (χ3v) is 10.1. The zero-order valence-electron chi connectivity index (χ0n) is 33.6. The van der Waals surface area contributed by atoms with Crippen LogP contribution in [0.1, 0.15) is 49.9 Å². The van der Waals surface area contributed by atoms with E-state index in [0.717, 1.165) is 22.3 Å². The Hall–Kier alpha value is -5.40. The first kappa shape index (κ1) is 45.3. The molecular formula is C46H58N4O8. The first-order chi connectivity index (χ1) is 27.7. The van der Waals surface area contributed by atoms with Crippen molar-refractivity contribution < 1.29 is 39.6 Å². The molecule has 0 unspecified atom stereocenters. The third-order valence-electron chi connectivity index (χ3n) is 10.1. The van der Waals surface area contributed by atoms with Gasteiger partial charge in [-0.15, -0.1) is 0 Å². The van der Waals surface area contributed by atoms with Crippen LogP contribution in [0.15, 0.2) is 121 Å². The van der Waals surface area contributed by atoms with E-state index in [1.807, 2.05) is 48.5 Å². The van der Waals surface area contributed by atoms with Gasteiger partial charge in [0.1, 0.15) is 36.5 Å². The Morgan fingerprint density at radius 1 is 0.397 bits per heavy atom. The second-order valence-electron chi connectivity index (χ2n) is 15.5. The second-order valence-corrected chi connectivity index (χ2v) is 15.5. The van der Waals surface area contributed by atoms with Crippen molar-refractivity contribution in [2.24, 2.45) is 11.8 Å². The van der Waals surface area contributed by atoms with Crippen molar-refractivity contribution in [1.82, 2.24) is 21.3 Å². The summed E-state index contributed by atoms with van der Waals surface area (Å²) in [4.78, 5) is 54.2. The van der Waals surface area contributed by atoms with Gasteiger partial charge in [-0.3, -0.25) is 19.2 Å². The predicted molar refractivity (Wildman–Crippen MR) is 222 cm³/mol. The fourth-order valence-electron chi connectivity index (χ4n) is 6.70. The number of rotatable bonds is 21. The normalized spacial score (nSPS) is 15.6. The molecule has 4 amide bonds. The molecule has 8 N–H and O–H groups in total. The van der Waals surface area contributed by atoms with E-state index in [1.54, 1.807) is 100 Å². The first-order valence-electron chi connectivity index (χ1n) is 19.8. The number of benzene rings is 4. The lowest BCUT2D eigenvalue weighted by Crippen LogP contribution is -2.62. The Morgan fingerprint density at radius 3 is 0.914 bits per heavy atom. The monoisotopic (exact) mass is 794 g/mol. The summed E-state index contributed by atoms with van der Waals surface area (Å²) >= 11 is 0. The maximum absolute atomic E-state index is 14.0. The summed E-state index contributed by atoms with van der Waals surface area (Å²) in [5.74, 6) is -3.59. The largest absolute Gasteiger partial charge is 0.388 e. The van der Waals surface area contributed by atoms with Crippen LogP contribution >= 0.6 is 0 Å². The Morgan fingerprint density at radius 2 is 0.655 bits per heavy atom. The van der Waals surface area contributed by atoms with Gasteiger partial charge in [0.15, 0.2) is 0 Å². The molecule has 310 valence electrons. The van der Waals surface area contributed by atoms with Gasteiger partial charge >= 0.3 is 0 Å². The Kier molecular flexibility index (Phi) is 17.6. The minimum absolute atomic E-state index is 0.0464. The van der Waals surface area contributed by atoms with Gasteiger partial charge in [0.25, 0.3) is 0 Å². The van der Waals surface area contributed by atoms with Crippen molar-refractivity contribution in [3.8, 4) is 0 Å². The number of aliphatic hydroxyl groups is 4. The SMILES string of the molecule is CC(C)[C@H](NC(=O)[C@@H](O)Cc1ccccc1)C(=O)N[C@@H](Cc1ccccc1)[C@@H](O)[C@H](O)[C@H](Cc1ccccc1)NC(=O)[C@@H](NC(=O)[C@@H](O)Cc1ccccc1)C(C)C. The van der Waals surface area contributed by atoms with Crippen molar-refractivity contribution in [2.45, 2.75) is 102 Å². The van der Waals surface area contributed by atoms with Gasteiger partial charge in [-0.2, -0.15) is 0 Å². The molecule has 58 heavy (non-hydrogen) atoms.